The van der Waals surface area contributed by atoms with E-state index in [2.05, 4.69) is 6.58 Å². The maximum Gasteiger partial charge on any atom is 0.128 e. The van der Waals surface area contributed by atoms with Crippen LogP contribution in [0.15, 0.2) is 30.4 Å². The Morgan fingerprint density at radius 3 is 2.81 bits per heavy atom. The maximum absolute atomic E-state index is 13.0. The lowest BCUT2D eigenvalue weighted by Gasteiger charge is -2.13. The molecule has 0 aliphatic heterocycles. The second kappa shape index (κ2) is 5.66. The normalized spacial score (nSPS) is 12.2. The maximum atomic E-state index is 13.0. The van der Waals surface area contributed by atoms with Gasteiger partial charge in [0.2, 0.25) is 0 Å². The van der Waals surface area contributed by atoms with Crippen molar-refractivity contribution in [1.29, 1.82) is 0 Å². The van der Waals surface area contributed by atoms with Crippen molar-refractivity contribution in [3.05, 3.63) is 41.7 Å². The van der Waals surface area contributed by atoms with Crippen LogP contribution < -0.4 is 4.74 Å². The molecule has 0 aliphatic rings. The van der Waals surface area contributed by atoms with Gasteiger partial charge in [0.15, 0.2) is 0 Å². The minimum absolute atomic E-state index is 0.366. The van der Waals surface area contributed by atoms with Crippen molar-refractivity contribution in [3.8, 4) is 5.75 Å². The highest BCUT2D eigenvalue weighted by Gasteiger charge is 2.10. The van der Waals surface area contributed by atoms with Gasteiger partial charge < -0.3 is 9.84 Å². The molecule has 0 aromatic heterocycles. The lowest BCUT2D eigenvalue weighted by Crippen LogP contribution is -2.03. The SMILES string of the molecule is C=C(C)CCOc1cc(F)ccc1[C@H](C)O. The fourth-order valence-electron chi connectivity index (χ4n) is 1.31. The molecule has 0 unspecified atom stereocenters. The van der Waals surface area contributed by atoms with Crippen LogP contribution in [0, 0.1) is 5.82 Å². The summed E-state index contributed by atoms with van der Waals surface area (Å²) in [5.74, 6) is 0.0333. The molecule has 1 aromatic carbocycles. The van der Waals surface area contributed by atoms with E-state index in [-0.39, 0.29) is 5.82 Å². The third-order valence-corrected chi connectivity index (χ3v) is 2.21. The quantitative estimate of drug-likeness (QED) is 0.778. The molecule has 1 N–H and O–H groups in total. The monoisotopic (exact) mass is 224 g/mol. The summed E-state index contributed by atoms with van der Waals surface area (Å²) in [4.78, 5) is 0. The molecule has 0 fully saturated rings. The second-order valence-electron chi connectivity index (χ2n) is 3.91. The molecular weight excluding hydrogens is 207 g/mol. The molecule has 3 heteroatoms. The zero-order valence-corrected chi connectivity index (χ0v) is 9.66. The molecule has 0 spiro atoms. The van der Waals surface area contributed by atoms with Gasteiger partial charge in [0.05, 0.1) is 12.7 Å². The topological polar surface area (TPSA) is 29.5 Å². The van der Waals surface area contributed by atoms with E-state index in [1.54, 1.807) is 6.92 Å². The summed E-state index contributed by atoms with van der Waals surface area (Å²) >= 11 is 0. The molecule has 0 saturated carbocycles. The lowest BCUT2D eigenvalue weighted by atomic mass is 10.1. The largest absolute Gasteiger partial charge is 0.493 e. The number of halogens is 1. The fraction of sp³-hybridized carbons (Fsp3) is 0.385. The van der Waals surface area contributed by atoms with Crippen LogP contribution in [0.3, 0.4) is 0 Å². The Hall–Kier alpha value is -1.35. The fourth-order valence-corrected chi connectivity index (χ4v) is 1.31. The molecule has 16 heavy (non-hydrogen) atoms. The first kappa shape index (κ1) is 12.7. The molecule has 1 rings (SSSR count). The standard InChI is InChI=1S/C13H17FO2/c1-9(2)6-7-16-13-8-11(14)4-5-12(13)10(3)15/h4-5,8,10,15H,1,6-7H2,2-3H3/t10-/m0/s1. The minimum atomic E-state index is -0.666. The van der Waals surface area contributed by atoms with Crippen LogP contribution >= 0.6 is 0 Å². The number of hydrogen-bond donors (Lipinski definition) is 1. The molecule has 1 aromatic rings. The predicted molar refractivity (Wildman–Crippen MR) is 62.0 cm³/mol. The summed E-state index contributed by atoms with van der Waals surface area (Å²) in [5.41, 5.74) is 1.61. The summed E-state index contributed by atoms with van der Waals surface area (Å²) in [6.07, 6.45) is 0.0517. The van der Waals surface area contributed by atoms with E-state index in [9.17, 15) is 9.50 Å². The molecule has 88 valence electrons. The van der Waals surface area contributed by atoms with Gasteiger partial charge in [-0.1, -0.05) is 5.57 Å². The zero-order chi connectivity index (χ0) is 12.1. The number of aliphatic hydroxyl groups is 1. The molecule has 0 saturated heterocycles. The van der Waals surface area contributed by atoms with Gasteiger partial charge in [0.25, 0.3) is 0 Å². The van der Waals surface area contributed by atoms with Crippen molar-refractivity contribution in [2.75, 3.05) is 6.61 Å². The van der Waals surface area contributed by atoms with Gasteiger partial charge in [-0.3, -0.25) is 0 Å². The van der Waals surface area contributed by atoms with E-state index in [1.807, 2.05) is 6.92 Å². The summed E-state index contributed by atoms with van der Waals surface area (Å²) in [7, 11) is 0. The Kier molecular flexibility index (Phi) is 4.50. The molecule has 0 bridgehead atoms. The lowest BCUT2D eigenvalue weighted by molar-refractivity contribution is 0.191. The summed E-state index contributed by atoms with van der Waals surface area (Å²) in [6, 6.07) is 4.14. The molecule has 0 radical (unpaired) electrons. The Morgan fingerprint density at radius 2 is 2.25 bits per heavy atom. The van der Waals surface area contributed by atoms with Crippen molar-refractivity contribution >= 4 is 0 Å². The van der Waals surface area contributed by atoms with Crippen molar-refractivity contribution in [2.45, 2.75) is 26.4 Å². The highest BCUT2D eigenvalue weighted by Crippen LogP contribution is 2.26. The summed E-state index contributed by atoms with van der Waals surface area (Å²) < 4.78 is 18.4. The van der Waals surface area contributed by atoms with E-state index in [4.69, 9.17) is 4.74 Å². The van der Waals surface area contributed by atoms with Crippen molar-refractivity contribution in [3.63, 3.8) is 0 Å². The van der Waals surface area contributed by atoms with E-state index >= 15 is 0 Å². The predicted octanol–water partition coefficient (Wildman–Crippen LogP) is 3.22. The van der Waals surface area contributed by atoms with Crippen molar-refractivity contribution in [1.82, 2.24) is 0 Å². The minimum Gasteiger partial charge on any atom is -0.493 e. The first-order valence-corrected chi connectivity index (χ1v) is 5.25. The van der Waals surface area contributed by atoms with Crippen LogP contribution in [0.2, 0.25) is 0 Å². The van der Waals surface area contributed by atoms with E-state index in [0.29, 0.717) is 17.9 Å². The van der Waals surface area contributed by atoms with Crippen LogP contribution in [0.4, 0.5) is 4.39 Å². The smallest absolute Gasteiger partial charge is 0.128 e. The van der Waals surface area contributed by atoms with E-state index in [0.717, 1.165) is 12.0 Å². The molecular formula is C13H17FO2. The van der Waals surface area contributed by atoms with Gasteiger partial charge in [-0.25, -0.2) is 4.39 Å². The average molecular weight is 224 g/mol. The van der Waals surface area contributed by atoms with Crippen LogP contribution in [-0.2, 0) is 0 Å². The molecule has 0 amide bonds. The van der Waals surface area contributed by atoms with Gasteiger partial charge in [0, 0.05) is 18.1 Å². The van der Waals surface area contributed by atoms with Gasteiger partial charge in [-0.2, -0.15) is 0 Å². The first-order valence-electron chi connectivity index (χ1n) is 5.25. The third-order valence-electron chi connectivity index (χ3n) is 2.21. The van der Waals surface area contributed by atoms with E-state index < -0.39 is 6.10 Å². The number of ether oxygens (including phenoxy) is 1. The number of rotatable bonds is 5. The van der Waals surface area contributed by atoms with Crippen LogP contribution in [-0.4, -0.2) is 11.7 Å². The van der Waals surface area contributed by atoms with Gasteiger partial charge in [-0.15, -0.1) is 6.58 Å². The Bertz CT molecular complexity index is 372. The van der Waals surface area contributed by atoms with Gasteiger partial charge in [-0.05, 0) is 26.0 Å². The number of aliphatic hydroxyl groups excluding tert-OH is 1. The van der Waals surface area contributed by atoms with Crippen LogP contribution in [0.1, 0.15) is 31.9 Å². The third kappa shape index (κ3) is 3.66. The Balaban J connectivity index is 2.76. The van der Waals surface area contributed by atoms with Crippen LogP contribution in [0.5, 0.6) is 5.75 Å². The zero-order valence-electron chi connectivity index (χ0n) is 9.66. The molecule has 1 atom stereocenters. The van der Waals surface area contributed by atoms with E-state index in [1.165, 1.54) is 18.2 Å². The number of benzene rings is 1. The Labute approximate surface area is 95.4 Å². The van der Waals surface area contributed by atoms with Crippen LogP contribution in [0.25, 0.3) is 0 Å². The van der Waals surface area contributed by atoms with Gasteiger partial charge in [0.1, 0.15) is 11.6 Å². The van der Waals surface area contributed by atoms with Crippen molar-refractivity contribution in [2.24, 2.45) is 0 Å². The second-order valence-corrected chi connectivity index (χ2v) is 3.91. The average Bonchev–Trinajstić information content (AvgIpc) is 2.16. The highest BCUT2D eigenvalue weighted by atomic mass is 19.1. The van der Waals surface area contributed by atoms with Gasteiger partial charge >= 0.3 is 0 Å². The molecule has 0 aliphatic carbocycles. The number of hydrogen-bond acceptors (Lipinski definition) is 2. The summed E-state index contributed by atoms with van der Waals surface area (Å²) in [6.45, 7) is 7.73. The molecule has 0 heterocycles. The first-order chi connectivity index (χ1) is 7.50. The van der Waals surface area contributed by atoms with Crippen molar-refractivity contribution < 1.29 is 14.2 Å². The highest BCUT2D eigenvalue weighted by molar-refractivity contribution is 5.35. The summed E-state index contributed by atoms with van der Waals surface area (Å²) in [5, 5.41) is 9.48. The molecule has 2 nitrogen and oxygen atoms in total. The Morgan fingerprint density at radius 1 is 1.56 bits per heavy atom.